The molecule has 2 heterocycles. The lowest BCUT2D eigenvalue weighted by Gasteiger charge is -2.35. The van der Waals surface area contributed by atoms with E-state index < -0.39 is 0 Å². The fourth-order valence-corrected chi connectivity index (χ4v) is 3.61. The predicted octanol–water partition coefficient (Wildman–Crippen LogP) is 1.83. The van der Waals surface area contributed by atoms with Gasteiger partial charge in [0, 0.05) is 43.7 Å². The first-order valence-electron chi connectivity index (χ1n) is 6.47. The van der Waals surface area contributed by atoms with E-state index >= 15 is 0 Å². The number of hydrogen-bond donors (Lipinski definition) is 0. The van der Waals surface area contributed by atoms with Crippen molar-refractivity contribution in [2.24, 2.45) is 0 Å². The van der Waals surface area contributed by atoms with Crippen LogP contribution in [0.25, 0.3) is 0 Å². The summed E-state index contributed by atoms with van der Waals surface area (Å²) < 4.78 is 0.914. The van der Waals surface area contributed by atoms with Crippen molar-refractivity contribution in [3.63, 3.8) is 0 Å². The molecule has 0 aromatic carbocycles. The van der Waals surface area contributed by atoms with Gasteiger partial charge in [-0.05, 0) is 41.5 Å². The molecule has 2 rings (SSSR count). The summed E-state index contributed by atoms with van der Waals surface area (Å²) in [4.78, 5) is 19.7. The van der Waals surface area contributed by atoms with E-state index in [0.29, 0.717) is 0 Å². The van der Waals surface area contributed by atoms with Crippen LogP contribution in [0.1, 0.15) is 9.67 Å². The van der Waals surface area contributed by atoms with Crippen molar-refractivity contribution in [2.45, 2.75) is 0 Å². The number of carbonyl (C=O) groups excluding carboxylic acids is 1. The van der Waals surface area contributed by atoms with Crippen molar-refractivity contribution in [2.75, 3.05) is 53.4 Å². The largest absolute Gasteiger partial charge is 0.335 e. The highest BCUT2D eigenvalue weighted by atomic mass is 79.9. The van der Waals surface area contributed by atoms with Gasteiger partial charge in [0.25, 0.3) is 5.91 Å². The summed E-state index contributed by atoms with van der Waals surface area (Å²) in [6.07, 6.45) is 0. The van der Waals surface area contributed by atoms with E-state index in [0.717, 1.165) is 48.6 Å². The fraction of sp³-hybridized carbons (Fsp3) is 0.615. The molecule has 1 saturated heterocycles. The maximum absolute atomic E-state index is 12.3. The van der Waals surface area contributed by atoms with Gasteiger partial charge in [0.2, 0.25) is 0 Å². The molecule has 0 atom stereocenters. The molecule has 1 aliphatic rings. The number of hydrogen-bond acceptors (Lipinski definition) is 4. The molecule has 0 N–H and O–H groups in total. The number of amides is 1. The highest BCUT2D eigenvalue weighted by Crippen LogP contribution is 2.24. The van der Waals surface area contributed by atoms with E-state index in [1.54, 1.807) is 0 Å². The first-order valence-corrected chi connectivity index (χ1v) is 8.14. The minimum Gasteiger partial charge on any atom is -0.335 e. The second-order valence-electron chi connectivity index (χ2n) is 5.03. The lowest BCUT2D eigenvalue weighted by Crippen LogP contribution is -2.49. The highest BCUT2D eigenvalue weighted by molar-refractivity contribution is 9.10. The third kappa shape index (κ3) is 4.02. The van der Waals surface area contributed by atoms with Gasteiger partial charge >= 0.3 is 0 Å². The van der Waals surface area contributed by atoms with Crippen LogP contribution in [0, 0.1) is 0 Å². The molecule has 1 aliphatic heterocycles. The minimum absolute atomic E-state index is 0.161. The molecule has 0 unspecified atom stereocenters. The Morgan fingerprint density at radius 3 is 2.58 bits per heavy atom. The van der Waals surface area contributed by atoms with Crippen LogP contribution in [-0.2, 0) is 0 Å². The van der Waals surface area contributed by atoms with Gasteiger partial charge in [-0.25, -0.2) is 0 Å². The number of halogens is 1. The third-order valence-corrected chi connectivity index (χ3v) is 5.16. The van der Waals surface area contributed by atoms with Crippen LogP contribution in [0.5, 0.6) is 0 Å². The zero-order valence-corrected chi connectivity index (χ0v) is 13.8. The van der Waals surface area contributed by atoms with E-state index in [9.17, 15) is 4.79 Å². The number of nitrogens with zero attached hydrogens (tertiary/aromatic N) is 3. The van der Waals surface area contributed by atoms with Gasteiger partial charge in [-0.2, -0.15) is 0 Å². The minimum atomic E-state index is 0.161. The van der Waals surface area contributed by atoms with E-state index in [1.165, 1.54) is 11.3 Å². The molecule has 1 aromatic rings. The first kappa shape index (κ1) is 15.0. The standard InChI is InChI=1S/C13H20BrN3OS/c1-15(2)4-5-16-6-8-17(9-7-16)13(18)12-11(14)3-10-19-12/h3,10H,4-9H2,1-2H3. The van der Waals surface area contributed by atoms with Crippen LogP contribution < -0.4 is 0 Å². The van der Waals surface area contributed by atoms with Gasteiger partial charge in [0.05, 0.1) is 0 Å². The molecular formula is C13H20BrN3OS. The molecule has 0 radical (unpaired) electrons. The Labute approximate surface area is 127 Å². The van der Waals surface area contributed by atoms with Gasteiger partial charge in [-0.15, -0.1) is 11.3 Å². The quantitative estimate of drug-likeness (QED) is 0.832. The molecule has 1 fully saturated rings. The van der Waals surface area contributed by atoms with Crippen LogP contribution in [0.3, 0.4) is 0 Å². The molecule has 1 amide bonds. The lowest BCUT2D eigenvalue weighted by molar-refractivity contribution is 0.0633. The van der Waals surface area contributed by atoms with Gasteiger partial charge in [-0.3, -0.25) is 9.69 Å². The van der Waals surface area contributed by atoms with Gasteiger partial charge < -0.3 is 9.80 Å². The summed E-state index contributed by atoms with van der Waals surface area (Å²) in [6, 6.07) is 1.94. The Morgan fingerprint density at radius 2 is 2.05 bits per heavy atom. The molecule has 19 heavy (non-hydrogen) atoms. The fourth-order valence-electron chi connectivity index (χ4n) is 2.11. The topological polar surface area (TPSA) is 26.8 Å². The van der Waals surface area contributed by atoms with Crippen molar-refractivity contribution < 1.29 is 4.79 Å². The number of piperazine rings is 1. The SMILES string of the molecule is CN(C)CCN1CCN(C(=O)c2sccc2Br)CC1. The van der Waals surface area contributed by atoms with Crippen molar-refractivity contribution >= 4 is 33.2 Å². The number of rotatable bonds is 4. The Kier molecular flexibility index (Phi) is 5.38. The zero-order valence-electron chi connectivity index (χ0n) is 11.4. The average molecular weight is 346 g/mol. The second kappa shape index (κ2) is 6.83. The first-order chi connectivity index (χ1) is 9.08. The van der Waals surface area contributed by atoms with Crippen molar-refractivity contribution in [3.05, 3.63) is 20.8 Å². The van der Waals surface area contributed by atoms with E-state index in [2.05, 4.69) is 39.8 Å². The summed E-state index contributed by atoms with van der Waals surface area (Å²) >= 11 is 4.94. The molecule has 0 spiro atoms. The van der Waals surface area contributed by atoms with E-state index in [1.807, 2.05) is 16.3 Å². The molecule has 0 saturated carbocycles. The molecule has 6 heteroatoms. The molecule has 0 aliphatic carbocycles. The monoisotopic (exact) mass is 345 g/mol. The van der Waals surface area contributed by atoms with Crippen LogP contribution in [0.15, 0.2) is 15.9 Å². The Hall–Kier alpha value is -0.430. The summed E-state index contributed by atoms with van der Waals surface area (Å²) in [5.41, 5.74) is 0. The Bertz CT molecular complexity index is 427. The summed E-state index contributed by atoms with van der Waals surface area (Å²) in [6.45, 7) is 5.76. The van der Waals surface area contributed by atoms with E-state index in [4.69, 9.17) is 0 Å². The smallest absolute Gasteiger partial charge is 0.265 e. The summed E-state index contributed by atoms with van der Waals surface area (Å²) in [5.74, 6) is 0.161. The van der Waals surface area contributed by atoms with Crippen LogP contribution in [-0.4, -0.2) is 74.0 Å². The molecule has 4 nitrogen and oxygen atoms in total. The van der Waals surface area contributed by atoms with Crippen molar-refractivity contribution in [3.8, 4) is 0 Å². The molecule has 1 aromatic heterocycles. The lowest BCUT2D eigenvalue weighted by atomic mass is 10.3. The number of thiophene rings is 1. The zero-order chi connectivity index (χ0) is 13.8. The molecular weight excluding hydrogens is 326 g/mol. The van der Waals surface area contributed by atoms with Gasteiger partial charge in [0.1, 0.15) is 4.88 Å². The Morgan fingerprint density at radius 1 is 1.37 bits per heavy atom. The van der Waals surface area contributed by atoms with Crippen molar-refractivity contribution in [1.82, 2.24) is 14.7 Å². The third-order valence-electron chi connectivity index (χ3n) is 3.33. The van der Waals surface area contributed by atoms with E-state index in [-0.39, 0.29) is 5.91 Å². The number of likely N-dealkylation sites (N-methyl/N-ethyl adjacent to an activating group) is 1. The van der Waals surface area contributed by atoms with Crippen LogP contribution >= 0.6 is 27.3 Å². The molecule has 106 valence electrons. The molecule has 0 bridgehead atoms. The maximum Gasteiger partial charge on any atom is 0.265 e. The number of carbonyl (C=O) groups is 1. The summed E-state index contributed by atoms with van der Waals surface area (Å²) in [5, 5.41) is 1.95. The van der Waals surface area contributed by atoms with Gasteiger partial charge in [-0.1, -0.05) is 0 Å². The van der Waals surface area contributed by atoms with Crippen LogP contribution in [0.2, 0.25) is 0 Å². The summed E-state index contributed by atoms with van der Waals surface area (Å²) in [7, 11) is 4.18. The highest BCUT2D eigenvalue weighted by Gasteiger charge is 2.23. The maximum atomic E-state index is 12.3. The van der Waals surface area contributed by atoms with Crippen LogP contribution in [0.4, 0.5) is 0 Å². The predicted molar refractivity (Wildman–Crippen MR) is 82.9 cm³/mol. The second-order valence-corrected chi connectivity index (χ2v) is 6.81. The average Bonchev–Trinajstić information content (AvgIpc) is 2.82. The van der Waals surface area contributed by atoms with Gasteiger partial charge in [0.15, 0.2) is 0 Å². The normalized spacial score (nSPS) is 17.2. The Balaban J connectivity index is 1.83. The van der Waals surface area contributed by atoms with Crippen molar-refractivity contribution in [1.29, 1.82) is 0 Å².